The average Bonchev–Trinajstić information content (AvgIpc) is 3.36. The Balaban J connectivity index is 1.91. The van der Waals surface area contributed by atoms with Crippen LogP contribution in [-0.4, -0.2) is 29.0 Å². The minimum atomic E-state index is -0.585. The fourth-order valence-corrected chi connectivity index (χ4v) is 4.08. The van der Waals surface area contributed by atoms with Gasteiger partial charge in [0.1, 0.15) is 11.4 Å². The molecule has 0 radical (unpaired) electrons. The first-order valence-corrected chi connectivity index (χ1v) is 9.87. The Kier molecular flexibility index (Phi) is 4.99. The monoisotopic (exact) mass is 409 g/mol. The Morgan fingerprint density at radius 3 is 2.26 bits per heavy atom. The maximum atomic E-state index is 12.1. The number of halogens is 1. The topological polar surface area (TPSA) is 81.7 Å². The molecule has 1 aliphatic carbocycles. The summed E-state index contributed by atoms with van der Waals surface area (Å²) in [5.41, 5.74) is -0.513. The molecule has 8 heteroatoms. The lowest BCUT2D eigenvalue weighted by molar-refractivity contribution is 0.323. The maximum Gasteiger partial charge on any atom is 0.253 e. The molecule has 0 aromatic heterocycles. The van der Waals surface area contributed by atoms with Gasteiger partial charge in [0.05, 0.1) is 15.6 Å². The Hall–Kier alpha value is -1.70. The van der Waals surface area contributed by atoms with E-state index in [1.165, 1.54) is 11.9 Å². The van der Waals surface area contributed by atoms with E-state index in [0.717, 1.165) is 12.8 Å². The summed E-state index contributed by atoms with van der Waals surface area (Å²) in [6.45, 7) is 6.34. The summed E-state index contributed by atoms with van der Waals surface area (Å²) in [4.78, 5) is 24.8. The summed E-state index contributed by atoms with van der Waals surface area (Å²) in [6, 6.07) is 3.24. The van der Waals surface area contributed by atoms with Crippen LogP contribution in [0, 0.1) is 5.41 Å². The highest BCUT2D eigenvalue weighted by molar-refractivity contribution is 7.97. The standard InChI is InChI=1S/C19H24ClN3O3S/c1-18(2,3)19(8-9-19)22-13-12(15(25)16(13)26)21-11-7-6-10(20)17(14(11)24)27-23(4)5/h6-7,21-22,24H,8-9H2,1-5H3. The fourth-order valence-electron chi connectivity index (χ4n) is 3.11. The van der Waals surface area contributed by atoms with Crippen molar-refractivity contribution in [3.05, 3.63) is 37.6 Å². The third kappa shape index (κ3) is 3.56. The number of nitrogens with zero attached hydrogens (tertiary/aromatic N) is 1. The number of aromatic hydroxyl groups is 1. The van der Waals surface area contributed by atoms with Gasteiger partial charge in [0.2, 0.25) is 0 Å². The minimum absolute atomic E-state index is 0.0397. The van der Waals surface area contributed by atoms with Gasteiger partial charge in [-0.05, 0) is 56.4 Å². The van der Waals surface area contributed by atoms with Crippen molar-refractivity contribution in [3.63, 3.8) is 0 Å². The number of phenols is 1. The van der Waals surface area contributed by atoms with Gasteiger partial charge in [0.25, 0.3) is 10.9 Å². The van der Waals surface area contributed by atoms with E-state index >= 15 is 0 Å². The molecule has 0 spiro atoms. The predicted molar refractivity (Wildman–Crippen MR) is 112 cm³/mol. The third-order valence-electron chi connectivity index (χ3n) is 5.08. The van der Waals surface area contributed by atoms with E-state index in [-0.39, 0.29) is 22.4 Å². The van der Waals surface area contributed by atoms with Crippen LogP contribution < -0.4 is 21.5 Å². The predicted octanol–water partition coefficient (Wildman–Crippen LogP) is 3.94. The van der Waals surface area contributed by atoms with Crippen molar-refractivity contribution in [2.45, 2.75) is 44.0 Å². The van der Waals surface area contributed by atoms with Crippen LogP contribution in [0.4, 0.5) is 17.1 Å². The second-order valence-electron chi connectivity index (χ2n) is 8.17. The lowest BCUT2D eigenvalue weighted by Crippen LogP contribution is -2.44. The highest BCUT2D eigenvalue weighted by Gasteiger charge is 2.53. The summed E-state index contributed by atoms with van der Waals surface area (Å²) in [7, 11) is 3.67. The lowest BCUT2D eigenvalue weighted by atomic mass is 9.83. The summed E-state index contributed by atoms with van der Waals surface area (Å²) < 4.78 is 1.80. The summed E-state index contributed by atoms with van der Waals surface area (Å²) >= 11 is 7.45. The van der Waals surface area contributed by atoms with Crippen molar-refractivity contribution in [2.75, 3.05) is 24.7 Å². The van der Waals surface area contributed by atoms with Crippen LogP contribution in [0.25, 0.3) is 0 Å². The van der Waals surface area contributed by atoms with E-state index in [9.17, 15) is 14.7 Å². The molecule has 0 unspecified atom stereocenters. The largest absolute Gasteiger partial charge is 0.505 e. The lowest BCUT2D eigenvalue weighted by Gasteiger charge is -2.33. The number of hydrogen-bond acceptors (Lipinski definition) is 7. The van der Waals surface area contributed by atoms with E-state index in [1.807, 2.05) is 14.1 Å². The van der Waals surface area contributed by atoms with Crippen LogP contribution in [0.5, 0.6) is 5.75 Å². The van der Waals surface area contributed by atoms with Crippen LogP contribution in [-0.2, 0) is 0 Å². The van der Waals surface area contributed by atoms with Gasteiger partial charge >= 0.3 is 0 Å². The molecule has 0 saturated heterocycles. The van der Waals surface area contributed by atoms with Crippen molar-refractivity contribution in [1.82, 2.24) is 4.31 Å². The molecule has 0 aliphatic heterocycles. The van der Waals surface area contributed by atoms with Crippen LogP contribution >= 0.6 is 23.5 Å². The number of anilines is 3. The van der Waals surface area contributed by atoms with Gasteiger partial charge < -0.3 is 15.7 Å². The van der Waals surface area contributed by atoms with Crippen LogP contribution in [0.3, 0.4) is 0 Å². The molecule has 1 saturated carbocycles. The minimum Gasteiger partial charge on any atom is -0.505 e. The summed E-state index contributed by atoms with van der Waals surface area (Å²) in [5.74, 6) is -0.0582. The second-order valence-corrected chi connectivity index (χ2v) is 9.90. The Bertz CT molecular complexity index is 954. The summed E-state index contributed by atoms with van der Waals surface area (Å²) in [6.07, 6.45) is 1.90. The van der Waals surface area contributed by atoms with Gasteiger partial charge in [0, 0.05) is 5.54 Å². The molecule has 0 atom stereocenters. The van der Waals surface area contributed by atoms with Gasteiger partial charge in [-0.2, -0.15) is 0 Å². The molecule has 1 aliphatic rings. The SMILES string of the molecule is CN(C)Sc1c(Cl)ccc(Nc2c(NC3(C(C)(C)C)CC3)c(=O)c2=O)c1O. The zero-order valence-corrected chi connectivity index (χ0v) is 17.6. The van der Waals surface area contributed by atoms with E-state index in [0.29, 0.717) is 21.3 Å². The highest BCUT2D eigenvalue weighted by atomic mass is 35.5. The number of rotatable bonds is 6. The number of nitrogens with one attached hydrogen (secondary N) is 2. The van der Waals surface area contributed by atoms with Gasteiger partial charge in [-0.1, -0.05) is 32.4 Å². The van der Waals surface area contributed by atoms with E-state index < -0.39 is 10.9 Å². The zero-order chi connectivity index (χ0) is 20.1. The highest BCUT2D eigenvalue weighted by Crippen LogP contribution is 2.52. The van der Waals surface area contributed by atoms with Crippen LogP contribution in [0.1, 0.15) is 33.6 Å². The van der Waals surface area contributed by atoms with Crippen molar-refractivity contribution in [2.24, 2.45) is 5.41 Å². The normalized spacial score (nSPS) is 16.0. The molecular weight excluding hydrogens is 386 g/mol. The third-order valence-corrected chi connectivity index (χ3v) is 6.47. The first kappa shape index (κ1) is 20.0. The molecule has 6 nitrogen and oxygen atoms in total. The quantitative estimate of drug-likeness (QED) is 0.378. The Morgan fingerprint density at radius 1 is 1.15 bits per heavy atom. The van der Waals surface area contributed by atoms with Crippen molar-refractivity contribution < 1.29 is 5.11 Å². The molecule has 146 valence electrons. The van der Waals surface area contributed by atoms with Gasteiger partial charge in [-0.3, -0.25) is 13.9 Å². The number of hydrogen-bond donors (Lipinski definition) is 3. The van der Waals surface area contributed by atoms with Crippen LogP contribution in [0.15, 0.2) is 26.6 Å². The van der Waals surface area contributed by atoms with E-state index in [4.69, 9.17) is 11.6 Å². The van der Waals surface area contributed by atoms with Gasteiger partial charge in [0.15, 0.2) is 5.75 Å². The van der Waals surface area contributed by atoms with E-state index in [2.05, 4.69) is 31.4 Å². The molecule has 2 aromatic rings. The average molecular weight is 410 g/mol. The maximum absolute atomic E-state index is 12.1. The van der Waals surface area contributed by atoms with Crippen molar-refractivity contribution >= 4 is 40.6 Å². The molecule has 3 rings (SSSR count). The van der Waals surface area contributed by atoms with Crippen molar-refractivity contribution in [3.8, 4) is 5.75 Å². The first-order chi connectivity index (χ1) is 12.5. The summed E-state index contributed by atoms with van der Waals surface area (Å²) in [5, 5.41) is 17.2. The molecule has 0 heterocycles. The smallest absolute Gasteiger partial charge is 0.253 e. The molecule has 1 fully saturated rings. The van der Waals surface area contributed by atoms with Gasteiger partial charge in [-0.25, -0.2) is 0 Å². The second kappa shape index (κ2) is 6.72. The molecule has 27 heavy (non-hydrogen) atoms. The first-order valence-electron chi connectivity index (χ1n) is 8.72. The Morgan fingerprint density at radius 2 is 1.74 bits per heavy atom. The molecule has 2 aromatic carbocycles. The van der Waals surface area contributed by atoms with Crippen LogP contribution in [0.2, 0.25) is 5.02 Å². The van der Waals surface area contributed by atoms with E-state index in [1.54, 1.807) is 16.4 Å². The van der Waals surface area contributed by atoms with Gasteiger partial charge in [-0.15, -0.1) is 0 Å². The number of benzene rings is 1. The zero-order valence-electron chi connectivity index (χ0n) is 16.1. The number of phenolic OH excluding ortho intramolecular Hbond substituents is 1. The fraction of sp³-hybridized carbons (Fsp3) is 0.474. The van der Waals surface area contributed by atoms with Crippen molar-refractivity contribution in [1.29, 1.82) is 0 Å². The Labute approximate surface area is 167 Å². The molecule has 0 amide bonds. The molecule has 3 N–H and O–H groups in total. The molecule has 0 bridgehead atoms. The molecular formula is C19H24ClN3O3S.